The van der Waals surface area contributed by atoms with Crippen molar-refractivity contribution >= 4 is 17.7 Å². The second-order valence-electron chi connectivity index (χ2n) is 5.79. The van der Waals surface area contributed by atoms with E-state index in [-0.39, 0.29) is 18.3 Å². The number of carbonyl (C=O) groups excluding carboxylic acids is 1. The van der Waals surface area contributed by atoms with Gasteiger partial charge in [0.25, 0.3) is 0 Å². The van der Waals surface area contributed by atoms with Gasteiger partial charge in [0.1, 0.15) is 18.1 Å². The van der Waals surface area contributed by atoms with Crippen molar-refractivity contribution in [2.75, 3.05) is 18.7 Å². The molecule has 3 N–H and O–H groups in total. The number of nitrogen functional groups attached to an aromatic ring is 1. The summed E-state index contributed by atoms with van der Waals surface area (Å²) in [5.74, 6) is 7.89. The van der Waals surface area contributed by atoms with E-state index in [0.717, 1.165) is 5.56 Å². The van der Waals surface area contributed by atoms with Crippen LogP contribution in [0.5, 0.6) is 11.5 Å². The summed E-state index contributed by atoms with van der Waals surface area (Å²) >= 11 is 1.22. The molecular formula is C19H21N5O3S. The minimum absolute atomic E-state index is 0.106. The third-order valence-corrected chi connectivity index (χ3v) is 4.75. The first-order valence-corrected chi connectivity index (χ1v) is 9.54. The maximum Gasteiger partial charge on any atom is 0.230 e. The Kier molecular flexibility index (Phi) is 6.74. The molecule has 9 heteroatoms. The highest BCUT2D eigenvalue weighted by molar-refractivity contribution is 7.99. The summed E-state index contributed by atoms with van der Waals surface area (Å²) in [4.78, 5) is 12.0. The van der Waals surface area contributed by atoms with E-state index in [1.54, 1.807) is 13.2 Å². The zero-order chi connectivity index (χ0) is 19.8. The van der Waals surface area contributed by atoms with Crippen molar-refractivity contribution in [2.24, 2.45) is 0 Å². The van der Waals surface area contributed by atoms with Crippen LogP contribution in [-0.4, -0.2) is 33.6 Å². The lowest BCUT2D eigenvalue weighted by atomic mass is 10.2. The van der Waals surface area contributed by atoms with Crippen LogP contribution < -0.4 is 20.6 Å². The third kappa shape index (κ3) is 5.40. The summed E-state index contributed by atoms with van der Waals surface area (Å²) in [6, 6.07) is 17.0. The molecule has 146 valence electrons. The smallest absolute Gasteiger partial charge is 0.230 e. The van der Waals surface area contributed by atoms with Gasteiger partial charge in [-0.25, -0.2) is 4.68 Å². The number of amides is 1. The predicted molar refractivity (Wildman–Crippen MR) is 107 cm³/mol. The van der Waals surface area contributed by atoms with Crippen LogP contribution in [0.25, 0.3) is 0 Å². The van der Waals surface area contributed by atoms with Crippen LogP contribution in [0.15, 0.2) is 59.8 Å². The average molecular weight is 399 g/mol. The van der Waals surface area contributed by atoms with E-state index in [1.165, 1.54) is 16.4 Å². The van der Waals surface area contributed by atoms with Gasteiger partial charge < -0.3 is 20.6 Å². The van der Waals surface area contributed by atoms with Crippen LogP contribution in [0.3, 0.4) is 0 Å². The molecule has 1 amide bonds. The van der Waals surface area contributed by atoms with Gasteiger partial charge in [0.2, 0.25) is 11.1 Å². The van der Waals surface area contributed by atoms with E-state index in [1.807, 2.05) is 48.5 Å². The van der Waals surface area contributed by atoms with E-state index in [0.29, 0.717) is 29.0 Å². The summed E-state index contributed by atoms with van der Waals surface area (Å²) in [6.45, 7) is 0.632. The lowest BCUT2D eigenvalue weighted by Crippen LogP contribution is -2.25. The summed E-state index contributed by atoms with van der Waals surface area (Å²) in [7, 11) is 1.59. The normalized spacial score (nSPS) is 10.5. The van der Waals surface area contributed by atoms with Crippen LogP contribution in [0.2, 0.25) is 0 Å². The van der Waals surface area contributed by atoms with Gasteiger partial charge in [0.15, 0.2) is 5.82 Å². The Labute approximate surface area is 167 Å². The van der Waals surface area contributed by atoms with Crippen LogP contribution >= 0.6 is 11.8 Å². The molecule has 0 spiro atoms. The highest BCUT2D eigenvalue weighted by Gasteiger charge is 2.13. The van der Waals surface area contributed by atoms with Crippen molar-refractivity contribution in [3.8, 4) is 11.5 Å². The molecule has 0 aliphatic carbocycles. The fraction of sp³-hybridized carbons (Fsp3) is 0.211. The van der Waals surface area contributed by atoms with Gasteiger partial charge in [-0.3, -0.25) is 4.79 Å². The number of nitrogens with one attached hydrogen (secondary N) is 1. The second-order valence-corrected chi connectivity index (χ2v) is 6.73. The summed E-state index contributed by atoms with van der Waals surface area (Å²) < 4.78 is 12.2. The molecule has 0 atom stereocenters. The third-order valence-electron chi connectivity index (χ3n) is 3.81. The number of nitrogens with zero attached hydrogens (tertiary/aromatic N) is 3. The molecule has 3 rings (SSSR count). The fourth-order valence-corrected chi connectivity index (χ4v) is 3.03. The van der Waals surface area contributed by atoms with Gasteiger partial charge in [0.05, 0.1) is 12.9 Å². The molecule has 1 heterocycles. The van der Waals surface area contributed by atoms with Crippen LogP contribution in [0.4, 0.5) is 0 Å². The number of ether oxygens (including phenoxy) is 2. The highest BCUT2D eigenvalue weighted by Crippen LogP contribution is 2.20. The molecular weight excluding hydrogens is 378 g/mol. The van der Waals surface area contributed by atoms with Gasteiger partial charge in [-0.15, -0.1) is 10.2 Å². The number of carbonyl (C=O) groups is 1. The van der Waals surface area contributed by atoms with E-state index in [2.05, 4.69) is 15.5 Å². The lowest BCUT2D eigenvalue weighted by Gasteiger charge is -2.08. The molecule has 0 bridgehead atoms. The minimum atomic E-state index is -0.106. The molecule has 3 aromatic rings. The first-order chi connectivity index (χ1) is 13.7. The number of rotatable bonds is 9. The first-order valence-electron chi connectivity index (χ1n) is 8.55. The maximum atomic E-state index is 12.0. The molecule has 28 heavy (non-hydrogen) atoms. The molecule has 0 aliphatic heterocycles. The monoisotopic (exact) mass is 399 g/mol. The fourth-order valence-electron chi connectivity index (χ4n) is 2.32. The first kappa shape index (κ1) is 19.6. The zero-order valence-corrected chi connectivity index (χ0v) is 16.2. The number of aromatic nitrogens is 3. The van der Waals surface area contributed by atoms with Crippen molar-refractivity contribution in [3.63, 3.8) is 0 Å². The van der Waals surface area contributed by atoms with E-state index < -0.39 is 0 Å². The Morgan fingerprint density at radius 2 is 1.93 bits per heavy atom. The average Bonchev–Trinajstić information content (AvgIpc) is 3.09. The number of hydrogen-bond donors (Lipinski definition) is 2. The number of benzene rings is 2. The van der Waals surface area contributed by atoms with Crippen molar-refractivity contribution in [1.82, 2.24) is 20.2 Å². The Hall–Kier alpha value is -3.20. The zero-order valence-electron chi connectivity index (χ0n) is 15.4. The summed E-state index contributed by atoms with van der Waals surface area (Å²) in [5, 5.41) is 11.3. The number of thioether (sulfide) groups is 1. The largest absolute Gasteiger partial charge is 0.497 e. The van der Waals surface area contributed by atoms with Crippen molar-refractivity contribution in [1.29, 1.82) is 0 Å². The lowest BCUT2D eigenvalue weighted by molar-refractivity contribution is -0.118. The van der Waals surface area contributed by atoms with E-state index >= 15 is 0 Å². The van der Waals surface area contributed by atoms with Gasteiger partial charge in [-0.2, -0.15) is 0 Å². The molecule has 8 nitrogen and oxygen atoms in total. The Morgan fingerprint density at radius 3 is 2.71 bits per heavy atom. The van der Waals surface area contributed by atoms with E-state index in [4.69, 9.17) is 15.3 Å². The standard InChI is InChI=1S/C19H21N5O3S/c1-26-15-8-5-9-16(10-15)27-12-17-22-23-19(24(17)20)28-13-18(25)21-11-14-6-3-2-4-7-14/h2-10H,11-13,20H2,1H3,(H,21,25). The number of hydrogen-bond acceptors (Lipinski definition) is 7. The Bertz CT molecular complexity index is 917. The van der Waals surface area contributed by atoms with Gasteiger partial charge in [0, 0.05) is 12.6 Å². The quantitative estimate of drug-likeness (QED) is 0.419. The van der Waals surface area contributed by atoms with Gasteiger partial charge in [-0.05, 0) is 17.7 Å². The highest BCUT2D eigenvalue weighted by atomic mass is 32.2. The molecule has 0 aliphatic rings. The predicted octanol–water partition coefficient (Wildman–Crippen LogP) is 1.99. The van der Waals surface area contributed by atoms with E-state index in [9.17, 15) is 4.79 Å². The molecule has 1 aromatic heterocycles. The van der Waals surface area contributed by atoms with Crippen molar-refractivity contribution < 1.29 is 14.3 Å². The van der Waals surface area contributed by atoms with Crippen molar-refractivity contribution in [2.45, 2.75) is 18.3 Å². The van der Waals surface area contributed by atoms with Crippen LogP contribution in [0, 0.1) is 0 Å². The topological polar surface area (TPSA) is 104 Å². The second kappa shape index (κ2) is 9.65. The summed E-state index contributed by atoms with van der Waals surface area (Å²) in [6.07, 6.45) is 0. The number of methoxy groups -OCH3 is 1. The molecule has 0 radical (unpaired) electrons. The Morgan fingerprint density at radius 1 is 1.14 bits per heavy atom. The maximum absolute atomic E-state index is 12.0. The molecule has 0 saturated heterocycles. The minimum Gasteiger partial charge on any atom is -0.497 e. The van der Waals surface area contributed by atoms with Gasteiger partial charge >= 0.3 is 0 Å². The molecule has 0 unspecified atom stereocenters. The van der Waals surface area contributed by atoms with Crippen LogP contribution in [0.1, 0.15) is 11.4 Å². The molecule has 0 fully saturated rings. The summed E-state index contributed by atoms with van der Waals surface area (Å²) in [5.41, 5.74) is 1.04. The Balaban J connectivity index is 1.48. The molecule has 2 aromatic carbocycles. The van der Waals surface area contributed by atoms with Gasteiger partial charge in [-0.1, -0.05) is 48.2 Å². The number of nitrogens with two attached hydrogens (primary N) is 1. The van der Waals surface area contributed by atoms with Crippen LogP contribution in [-0.2, 0) is 17.9 Å². The molecule has 0 saturated carbocycles. The SMILES string of the molecule is COc1cccc(OCc2nnc(SCC(=O)NCc3ccccc3)n2N)c1. The van der Waals surface area contributed by atoms with Crippen molar-refractivity contribution in [3.05, 3.63) is 66.0 Å².